The summed E-state index contributed by atoms with van der Waals surface area (Å²) in [5, 5.41) is 6.82. The van der Waals surface area contributed by atoms with Gasteiger partial charge in [0.15, 0.2) is 5.96 Å². The van der Waals surface area contributed by atoms with Gasteiger partial charge in [-0.05, 0) is 44.1 Å². The molecular formula is C19H33IN4O2. The quantitative estimate of drug-likeness (QED) is 0.325. The Morgan fingerprint density at radius 1 is 1.31 bits per heavy atom. The van der Waals surface area contributed by atoms with Gasteiger partial charge in [-0.15, -0.1) is 24.0 Å². The Hall–Kier alpha value is -1.09. The lowest BCUT2D eigenvalue weighted by Gasteiger charge is -2.42. The number of guanidine groups is 1. The highest BCUT2D eigenvalue weighted by Crippen LogP contribution is 2.43. The lowest BCUT2D eigenvalue weighted by atomic mass is 9.67. The van der Waals surface area contributed by atoms with Crippen LogP contribution in [-0.4, -0.2) is 44.4 Å². The third-order valence-electron chi connectivity index (χ3n) is 4.72. The first kappa shape index (κ1) is 23.0. The first-order valence-corrected chi connectivity index (χ1v) is 9.12. The van der Waals surface area contributed by atoms with Gasteiger partial charge in [-0.25, -0.2) is 4.98 Å². The zero-order valence-corrected chi connectivity index (χ0v) is 18.7. The summed E-state index contributed by atoms with van der Waals surface area (Å²) in [6, 6.07) is 3.93. The number of ether oxygens (including phenoxy) is 2. The van der Waals surface area contributed by atoms with Crippen LogP contribution in [0.1, 0.15) is 45.1 Å². The van der Waals surface area contributed by atoms with E-state index in [0.717, 1.165) is 31.1 Å². The summed E-state index contributed by atoms with van der Waals surface area (Å²) in [5.74, 6) is 1.48. The van der Waals surface area contributed by atoms with E-state index in [1.165, 1.54) is 19.3 Å². The van der Waals surface area contributed by atoms with E-state index in [1.807, 2.05) is 32.2 Å². The second kappa shape index (κ2) is 11.6. The predicted octanol–water partition coefficient (Wildman–Crippen LogP) is 3.36. The van der Waals surface area contributed by atoms with E-state index in [1.54, 1.807) is 14.2 Å². The molecule has 0 unspecified atom stereocenters. The number of nitrogens with one attached hydrogen (secondary N) is 2. The Morgan fingerprint density at radius 3 is 2.58 bits per heavy atom. The van der Waals surface area contributed by atoms with Crippen molar-refractivity contribution in [3.05, 3.63) is 23.9 Å². The highest BCUT2D eigenvalue weighted by molar-refractivity contribution is 14.0. The monoisotopic (exact) mass is 476 g/mol. The number of rotatable bonds is 9. The Kier molecular flexibility index (Phi) is 10.2. The SMILES string of the molecule is CN=C(NCc1ccc(OC(C)C)nc1)NCC1(CCOC)CCC1.I. The van der Waals surface area contributed by atoms with Gasteiger partial charge in [0, 0.05) is 46.1 Å². The maximum atomic E-state index is 5.57. The summed E-state index contributed by atoms with van der Waals surface area (Å²) in [5.41, 5.74) is 1.46. The van der Waals surface area contributed by atoms with Crippen LogP contribution in [0, 0.1) is 5.41 Å². The molecule has 0 saturated heterocycles. The molecule has 2 N–H and O–H groups in total. The van der Waals surface area contributed by atoms with Gasteiger partial charge < -0.3 is 20.1 Å². The third kappa shape index (κ3) is 7.26. The number of aliphatic imine (C=N–C) groups is 1. The summed E-state index contributed by atoms with van der Waals surface area (Å²) in [6.07, 6.45) is 6.92. The highest BCUT2D eigenvalue weighted by Gasteiger charge is 2.36. The molecule has 0 amide bonds. The first-order valence-electron chi connectivity index (χ1n) is 9.12. The number of methoxy groups -OCH3 is 1. The molecule has 1 heterocycles. The van der Waals surface area contributed by atoms with E-state index < -0.39 is 0 Å². The van der Waals surface area contributed by atoms with Gasteiger partial charge in [-0.2, -0.15) is 0 Å². The van der Waals surface area contributed by atoms with E-state index in [9.17, 15) is 0 Å². The molecule has 2 rings (SSSR count). The maximum Gasteiger partial charge on any atom is 0.213 e. The summed E-state index contributed by atoms with van der Waals surface area (Å²) < 4.78 is 10.8. The molecule has 7 heteroatoms. The second-order valence-corrected chi connectivity index (χ2v) is 7.05. The number of hydrogen-bond donors (Lipinski definition) is 2. The minimum Gasteiger partial charge on any atom is -0.475 e. The van der Waals surface area contributed by atoms with Crippen molar-refractivity contribution in [3.63, 3.8) is 0 Å². The van der Waals surface area contributed by atoms with Crippen LogP contribution in [-0.2, 0) is 11.3 Å². The molecule has 0 aromatic carbocycles. The molecule has 1 aromatic rings. The molecular weight excluding hydrogens is 443 g/mol. The van der Waals surface area contributed by atoms with Gasteiger partial charge in [-0.1, -0.05) is 12.5 Å². The van der Waals surface area contributed by atoms with Crippen LogP contribution in [0.2, 0.25) is 0 Å². The molecule has 1 aliphatic rings. The number of aromatic nitrogens is 1. The van der Waals surface area contributed by atoms with E-state index in [4.69, 9.17) is 9.47 Å². The average molecular weight is 476 g/mol. The number of hydrogen-bond acceptors (Lipinski definition) is 4. The van der Waals surface area contributed by atoms with Crippen molar-refractivity contribution in [1.29, 1.82) is 0 Å². The van der Waals surface area contributed by atoms with Crippen LogP contribution in [0.5, 0.6) is 5.88 Å². The van der Waals surface area contributed by atoms with Crippen molar-refractivity contribution in [2.75, 3.05) is 27.3 Å². The van der Waals surface area contributed by atoms with Crippen LogP contribution in [0.4, 0.5) is 0 Å². The zero-order chi connectivity index (χ0) is 18.1. The standard InChI is InChI=1S/C19H32N4O2.HI/c1-15(2)25-17-7-6-16(12-21-17)13-22-18(20-3)23-14-19(8-5-9-19)10-11-24-4;/h6-7,12,15H,5,8-11,13-14H2,1-4H3,(H2,20,22,23);1H. The fourth-order valence-corrected chi connectivity index (χ4v) is 3.01. The topological polar surface area (TPSA) is 67.8 Å². The summed E-state index contributed by atoms with van der Waals surface area (Å²) in [4.78, 5) is 8.65. The third-order valence-corrected chi connectivity index (χ3v) is 4.72. The van der Waals surface area contributed by atoms with E-state index in [-0.39, 0.29) is 30.1 Å². The van der Waals surface area contributed by atoms with Gasteiger partial charge in [-0.3, -0.25) is 4.99 Å². The van der Waals surface area contributed by atoms with E-state index in [2.05, 4.69) is 20.6 Å². The van der Waals surface area contributed by atoms with Gasteiger partial charge in [0.1, 0.15) is 0 Å². The van der Waals surface area contributed by atoms with Crippen molar-refractivity contribution in [2.45, 2.75) is 52.2 Å². The van der Waals surface area contributed by atoms with Crippen LogP contribution in [0.15, 0.2) is 23.3 Å². The van der Waals surface area contributed by atoms with Gasteiger partial charge >= 0.3 is 0 Å². The molecule has 6 nitrogen and oxygen atoms in total. The van der Waals surface area contributed by atoms with Crippen LogP contribution in [0.3, 0.4) is 0 Å². The van der Waals surface area contributed by atoms with Crippen molar-refractivity contribution in [1.82, 2.24) is 15.6 Å². The molecule has 1 fully saturated rings. The Morgan fingerprint density at radius 2 is 2.08 bits per heavy atom. The highest BCUT2D eigenvalue weighted by atomic mass is 127. The molecule has 0 radical (unpaired) electrons. The largest absolute Gasteiger partial charge is 0.475 e. The first-order chi connectivity index (χ1) is 12.1. The van der Waals surface area contributed by atoms with Crippen molar-refractivity contribution < 1.29 is 9.47 Å². The minimum atomic E-state index is 0. The van der Waals surface area contributed by atoms with E-state index in [0.29, 0.717) is 17.8 Å². The molecule has 1 aromatic heterocycles. The Labute approximate surface area is 174 Å². The molecule has 1 saturated carbocycles. The van der Waals surface area contributed by atoms with Gasteiger partial charge in [0.2, 0.25) is 5.88 Å². The molecule has 1 aliphatic carbocycles. The predicted molar refractivity (Wildman–Crippen MR) is 116 cm³/mol. The fraction of sp³-hybridized carbons (Fsp3) is 0.684. The molecule has 26 heavy (non-hydrogen) atoms. The number of pyridine rings is 1. The number of nitrogens with zero attached hydrogens (tertiary/aromatic N) is 2. The maximum absolute atomic E-state index is 5.57. The van der Waals surface area contributed by atoms with Gasteiger partial charge in [0.05, 0.1) is 6.10 Å². The Balaban J connectivity index is 0.00000338. The van der Waals surface area contributed by atoms with Crippen molar-refractivity contribution in [3.8, 4) is 5.88 Å². The van der Waals surface area contributed by atoms with Crippen LogP contribution in [0.25, 0.3) is 0 Å². The smallest absolute Gasteiger partial charge is 0.213 e. The Bertz CT molecular complexity index is 545. The zero-order valence-electron chi connectivity index (χ0n) is 16.4. The summed E-state index contributed by atoms with van der Waals surface area (Å²) in [7, 11) is 3.57. The lowest BCUT2D eigenvalue weighted by molar-refractivity contribution is 0.0732. The normalized spacial score (nSPS) is 15.8. The lowest BCUT2D eigenvalue weighted by Crippen LogP contribution is -2.46. The van der Waals surface area contributed by atoms with E-state index >= 15 is 0 Å². The number of halogens is 1. The summed E-state index contributed by atoms with van der Waals surface area (Å²) in [6.45, 7) is 6.43. The molecule has 0 atom stereocenters. The molecule has 0 aliphatic heterocycles. The van der Waals surface area contributed by atoms with Crippen molar-refractivity contribution >= 4 is 29.9 Å². The molecule has 0 spiro atoms. The van der Waals surface area contributed by atoms with Crippen LogP contribution >= 0.6 is 24.0 Å². The average Bonchev–Trinajstić information content (AvgIpc) is 2.57. The molecule has 148 valence electrons. The summed E-state index contributed by atoms with van der Waals surface area (Å²) >= 11 is 0. The van der Waals surface area contributed by atoms with Crippen molar-refractivity contribution in [2.24, 2.45) is 10.4 Å². The van der Waals surface area contributed by atoms with Crippen LogP contribution < -0.4 is 15.4 Å². The minimum absolute atomic E-state index is 0. The fourth-order valence-electron chi connectivity index (χ4n) is 3.01. The molecule has 0 bridgehead atoms. The second-order valence-electron chi connectivity index (χ2n) is 7.05. The van der Waals surface area contributed by atoms with Gasteiger partial charge in [0.25, 0.3) is 0 Å².